The second-order valence-electron chi connectivity index (χ2n) is 4.08. The van der Waals surface area contributed by atoms with Gasteiger partial charge in [0.1, 0.15) is 5.69 Å². The molecule has 2 nitrogen and oxygen atoms in total. The lowest BCUT2D eigenvalue weighted by Crippen LogP contribution is -1.88. The molecular weight excluding hydrogens is 186 g/mol. The van der Waals surface area contributed by atoms with Crippen molar-refractivity contribution in [2.75, 3.05) is 0 Å². The van der Waals surface area contributed by atoms with Crippen molar-refractivity contribution in [3.8, 4) is 0 Å². The third-order valence-electron chi connectivity index (χ3n) is 2.91. The molecule has 0 atom stereocenters. The molecule has 0 spiro atoms. The van der Waals surface area contributed by atoms with E-state index < -0.39 is 0 Å². The molecule has 0 radical (unpaired) electrons. The average molecular weight is 197 g/mol. The van der Waals surface area contributed by atoms with Crippen molar-refractivity contribution in [2.24, 2.45) is 0 Å². The maximum Gasteiger partial charge on any atom is 0.168 e. The van der Waals surface area contributed by atoms with Crippen molar-refractivity contribution in [2.45, 2.75) is 18.8 Å². The summed E-state index contributed by atoms with van der Waals surface area (Å²) in [6.07, 6.45) is 3.38. The fraction of sp³-hybridized carbons (Fsp3) is 0.231. The predicted molar refractivity (Wildman–Crippen MR) is 59.1 cm³/mol. The van der Waals surface area contributed by atoms with Crippen molar-refractivity contribution in [3.05, 3.63) is 41.6 Å². The number of benzene rings is 1. The minimum absolute atomic E-state index is 0.510. The fourth-order valence-corrected chi connectivity index (χ4v) is 1.89. The molecule has 1 aromatic carbocycles. The van der Waals surface area contributed by atoms with Gasteiger partial charge in [0.05, 0.1) is 5.52 Å². The van der Waals surface area contributed by atoms with E-state index >= 15 is 0 Å². The molecule has 2 aromatic rings. The van der Waals surface area contributed by atoms with Crippen LogP contribution in [-0.4, -0.2) is 11.3 Å². The highest BCUT2D eigenvalue weighted by Gasteiger charge is 2.23. The Morgan fingerprint density at radius 3 is 2.73 bits per heavy atom. The first kappa shape index (κ1) is 8.60. The van der Waals surface area contributed by atoms with Gasteiger partial charge in [-0.15, -0.1) is 0 Å². The number of hydrogen-bond donors (Lipinski definition) is 0. The van der Waals surface area contributed by atoms with E-state index in [2.05, 4.69) is 23.2 Å². The zero-order valence-corrected chi connectivity index (χ0v) is 8.31. The van der Waals surface area contributed by atoms with Crippen LogP contribution in [0.3, 0.4) is 0 Å². The minimum Gasteiger partial charge on any atom is -0.296 e. The first-order valence-corrected chi connectivity index (χ1v) is 5.23. The third-order valence-corrected chi connectivity index (χ3v) is 2.91. The van der Waals surface area contributed by atoms with Crippen LogP contribution in [0.25, 0.3) is 10.9 Å². The topological polar surface area (TPSA) is 30.0 Å². The largest absolute Gasteiger partial charge is 0.296 e. The van der Waals surface area contributed by atoms with Crippen molar-refractivity contribution >= 4 is 17.2 Å². The highest BCUT2D eigenvalue weighted by molar-refractivity contribution is 5.83. The summed E-state index contributed by atoms with van der Waals surface area (Å²) in [6, 6.07) is 10.1. The fourth-order valence-electron chi connectivity index (χ4n) is 1.89. The number of nitrogens with zero attached hydrogens (tertiary/aromatic N) is 1. The summed E-state index contributed by atoms with van der Waals surface area (Å²) in [4.78, 5) is 14.9. The van der Waals surface area contributed by atoms with Crippen LogP contribution in [0.1, 0.15) is 34.8 Å². The lowest BCUT2D eigenvalue weighted by atomic mass is 10.1. The number of carbonyl (C=O) groups is 1. The van der Waals surface area contributed by atoms with Gasteiger partial charge < -0.3 is 0 Å². The Morgan fingerprint density at radius 1 is 1.20 bits per heavy atom. The van der Waals surface area contributed by atoms with Crippen molar-refractivity contribution in [3.63, 3.8) is 0 Å². The molecule has 74 valence electrons. The maximum absolute atomic E-state index is 10.6. The number of aldehydes is 1. The van der Waals surface area contributed by atoms with Crippen LogP contribution < -0.4 is 0 Å². The number of fused-ring (bicyclic) bond motifs is 1. The van der Waals surface area contributed by atoms with E-state index in [9.17, 15) is 4.79 Å². The normalized spacial score (nSPS) is 15.5. The summed E-state index contributed by atoms with van der Waals surface area (Å²) in [7, 11) is 0. The van der Waals surface area contributed by atoms with E-state index in [1.54, 1.807) is 6.07 Å². The first-order chi connectivity index (χ1) is 7.36. The van der Waals surface area contributed by atoms with Gasteiger partial charge in [0.2, 0.25) is 0 Å². The Morgan fingerprint density at radius 2 is 2.00 bits per heavy atom. The summed E-state index contributed by atoms with van der Waals surface area (Å²) < 4.78 is 0. The maximum atomic E-state index is 10.6. The van der Waals surface area contributed by atoms with Crippen molar-refractivity contribution < 1.29 is 4.79 Å². The van der Waals surface area contributed by atoms with Crippen LogP contribution >= 0.6 is 0 Å². The molecular formula is C13H11NO. The number of carbonyl (C=O) groups excluding carboxylic acids is 1. The number of pyridine rings is 1. The van der Waals surface area contributed by atoms with Gasteiger partial charge in [-0.3, -0.25) is 4.79 Å². The van der Waals surface area contributed by atoms with Crippen LogP contribution in [-0.2, 0) is 0 Å². The monoisotopic (exact) mass is 197 g/mol. The van der Waals surface area contributed by atoms with Crippen LogP contribution in [0.4, 0.5) is 0 Å². The second-order valence-corrected chi connectivity index (χ2v) is 4.08. The quantitative estimate of drug-likeness (QED) is 0.693. The molecule has 0 unspecified atom stereocenters. The van der Waals surface area contributed by atoms with Crippen molar-refractivity contribution in [1.29, 1.82) is 0 Å². The van der Waals surface area contributed by atoms with Gasteiger partial charge in [0.15, 0.2) is 6.29 Å². The Balaban J connectivity index is 2.18. The van der Waals surface area contributed by atoms with Crippen LogP contribution in [0.5, 0.6) is 0 Å². The summed E-state index contributed by atoms with van der Waals surface area (Å²) in [6.45, 7) is 0. The summed E-state index contributed by atoms with van der Waals surface area (Å²) in [5, 5.41) is 1.10. The van der Waals surface area contributed by atoms with Gasteiger partial charge in [-0.05, 0) is 36.5 Å². The number of aromatic nitrogens is 1. The summed E-state index contributed by atoms with van der Waals surface area (Å²) in [5.74, 6) is 0.732. The van der Waals surface area contributed by atoms with Crippen LogP contribution in [0, 0.1) is 0 Å². The molecule has 3 rings (SSSR count). The Labute approximate surface area is 87.9 Å². The van der Waals surface area contributed by atoms with Gasteiger partial charge >= 0.3 is 0 Å². The van der Waals surface area contributed by atoms with Gasteiger partial charge in [-0.25, -0.2) is 4.98 Å². The second kappa shape index (κ2) is 3.16. The molecule has 1 aromatic heterocycles. The minimum atomic E-state index is 0.510. The zero-order valence-electron chi connectivity index (χ0n) is 8.31. The Kier molecular flexibility index (Phi) is 1.81. The molecule has 0 saturated heterocycles. The van der Waals surface area contributed by atoms with E-state index in [1.165, 1.54) is 18.4 Å². The molecule has 15 heavy (non-hydrogen) atoms. The molecule has 0 amide bonds. The molecule has 2 heteroatoms. The van der Waals surface area contributed by atoms with Gasteiger partial charge in [-0.2, -0.15) is 0 Å². The Bertz CT molecular complexity index is 529. The highest BCUT2D eigenvalue weighted by atomic mass is 16.1. The molecule has 1 saturated carbocycles. The van der Waals surface area contributed by atoms with E-state index in [0.717, 1.165) is 23.1 Å². The molecule has 0 bridgehead atoms. The molecule has 0 N–H and O–H groups in total. The SMILES string of the molecule is O=Cc1ccc2ccc(C3CC3)cc2n1. The molecule has 1 fully saturated rings. The van der Waals surface area contributed by atoms with Gasteiger partial charge in [-0.1, -0.05) is 18.2 Å². The summed E-state index contributed by atoms with van der Waals surface area (Å²) >= 11 is 0. The van der Waals surface area contributed by atoms with Crippen molar-refractivity contribution in [1.82, 2.24) is 4.98 Å². The number of rotatable bonds is 2. The van der Waals surface area contributed by atoms with E-state index in [-0.39, 0.29) is 0 Å². The molecule has 1 aliphatic rings. The smallest absolute Gasteiger partial charge is 0.168 e. The van der Waals surface area contributed by atoms with E-state index in [4.69, 9.17) is 0 Å². The molecule has 1 aliphatic carbocycles. The third kappa shape index (κ3) is 1.52. The highest BCUT2D eigenvalue weighted by Crippen LogP contribution is 2.40. The lowest BCUT2D eigenvalue weighted by Gasteiger charge is -2.01. The number of hydrogen-bond acceptors (Lipinski definition) is 2. The predicted octanol–water partition coefficient (Wildman–Crippen LogP) is 2.92. The van der Waals surface area contributed by atoms with Crippen LogP contribution in [0.2, 0.25) is 0 Å². The van der Waals surface area contributed by atoms with E-state index in [1.807, 2.05) is 6.07 Å². The first-order valence-electron chi connectivity index (χ1n) is 5.23. The Hall–Kier alpha value is -1.70. The standard InChI is InChI=1S/C13H11NO/c15-8-12-6-5-10-3-4-11(9-1-2-9)7-13(10)14-12/h3-9H,1-2H2. The van der Waals surface area contributed by atoms with E-state index in [0.29, 0.717) is 5.69 Å². The molecule has 0 aliphatic heterocycles. The lowest BCUT2D eigenvalue weighted by molar-refractivity contribution is 0.111. The zero-order chi connectivity index (χ0) is 10.3. The molecule has 1 heterocycles. The van der Waals surface area contributed by atoms with Gasteiger partial charge in [0.25, 0.3) is 0 Å². The van der Waals surface area contributed by atoms with Crippen LogP contribution in [0.15, 0.2) is 30.3 Å². The van der Waals surface area contributed by atoms with Gasteiger partial charge in [0, 0.05) is 5.39 Å². The summed E-state index contributed by atoms with van der Waals surface area (Å²) in [5.41, 5.74) is 2.80. The average Bonchev–Trinajstić information content (AvgIpc) is 3.11.